The molecule has 0 radical (unpaired) electrons. The molecule has 1 aromatic carbocycles. The average molecular weight is 388 g/mol. The number of hydrogen-bond donors (Lipinski definition) is 2. The molecule has 0 saturated heterocycles. The van der Waals surface area contributed by atoms with Gasteiger partial charge in [0, 0.05) is 26.7 Å². The summed E-state index contributed by atoms with van der Waals surface area (Å²) in [7, 11) is 1.56. The Morgan fingerprint density at radius 1 is 1.18 bits per heavy atom. The van der Waals surface area contributed by atoms with Crippen LogP contribution in [0.3, 0.4) is 0 Å². The lowest BCUT2D eigenvalue weighted by Gasteiger charge is -2.17. The van der Waals surface area contributed by atoms with Gasteiger partial charge in [0.05, 0.1) is 12.3 Å². The Labute approximate surface area is 163 Å². The van der Waals surface area contributed by atoms with Crippen LogP contribution in [0.1, 0.15) is 45.2 Å². The third-order valence-corrected chi connectivity index (χ3v) is 4.77. The van der Waals surface area contributed by atoms with Crippen molar-refractivity contribution in [3.63, 3.8) is 0 Å². The largest absolute Gasteiger partial charge is 0.383 e. The van der Waals surface area contributed by atoms with Crippen LogP contribution in [0.4, 0.5) is 4.39 Å². The molecule has 0 atom stereocenters. The summed E-state index contributed by atoms with van der Waals surface area (Å²) < 4.78 is 20.5. The Kier molecular flexibility index (Phi) is 6.76. The Hall–Kier alpha value is -2.74. The number of ether oxygens (including phenoxy) is 1. The monoisotopic (exact) mass is 388 g/mol. The summed E-state index contributed by atoms with van der Waals surface area (Å²) >= 11 is 0. The third kappa shape index (κ3) is 4.56. The van der Waals surface area contributed by atoms with Crippen molar-refractivity contribution in [1.29, 1.82) is 0 Å². The normalized spacial score (nSPS) is 13.1. The summed E-state index contributed by atoms with van der Waals surface area (Å²) in [5.74, 6) is -0.700. The van der Waals surface area contributed by atoms with E-state index >= 15 is 0 Å². The van der Waals surface area contributed by atoms with Crippen LogP contribution < -0.4 is 10.6 Å². The molecule has 0 bridgehead atoms. The van der Waals surface area contributed by atoms with Gasteiger partial charge in [-0.1, -0.05) is 18.2 Å². The Morgan fingerprint density at radius 2 is 1.96 bits per heavy atom. The number of imidazole rings is 1. The molecule has 150 valence electrons. The van der Waals surface area contributed by atoms with Crippen molar-refractivity contribution in [3.8, 4) is 0 Å². The predicted octanol–water partition coefficient (Wildman–Crippen LogP) is 1.71. The van der Waals surface area contributed by atoms with Crippen LogP contribution in [0.5, 0.6) is 0 Å². The molecule has 0 aliphatic carbocycles. The van der Waals surface area contributed by atoms with Crippen LogP contribution in [0.25, 0.3) is 0 Å². The molecular weight excluding hydrogens is 363 g/mol. The van der Waals surface area contributed by atoms with Gasteiger partial charge in [0.15, 0.2) is 5.82 Å². The summed E-state index contributed by atoms with van der Waals surface area (Å²) in [6.07, 6.45) is 2.99. The minimum atomic E-state index is -0.351. The first-order valence-electron chi connectivity index (χ1n) is 9.50. The molecule has 2 amide bonds. The van der Waals surface area contributed by atoms with Gasteiger partial charge in [-0.2, -0.15) is 0 Å². The van der Waals surface area contributed by atoms with E-state index in [9.17, 15) is 14.0 Å². The molecule has 0 spiro atoms. The van der Waals surface area contributed by atoms with Gasteiger partial charge in [-0.3, -0.25) is 9.59 Å². The topological polar surface area (TPSA) is 85.2 Å². The van der Waals surface area contributed by atoms with Gasteiger partial charge >= 0.3 is 0 Å². The van der Waals surface area contributed by atoms with Gasteiger partial charge in [-0.25, -0.2) is 9.37 Å². The highest BCUT2D eigenvalue weighted by molar-refractivity contribution is 5.97. The van der Waals surface area contributed by atoms with Crippen LogP contribution in [-0.4, -0.2) is 48.2 Å². The van der Waals surface area contributed by atoms with Crippen LogP contribution in [0.15, 0.2) is 24.3 Å². The summed E-state index contributed by atoms with van der Waals surface area (Å²) in [5, 5.41) is 5.55. The smallest absolute Gasteiger partial charge is 0.287 e. The lowest BCUT2D eigenvalue weighted by Crippen LogP contribution is -2.29. The second kappa shape index (κ2) is 9.45. The molecule has 3 rings (SSSR count). The quantitative estimate of drug-likeness (QED) is 0.674. The Bertz CT molecular complexity index is 850. The molecule has 1 aliphatic heterocycles. The minimum absolute atomic E-state index is 0.236. The Morgan fingerprint density at radius 3 is 2.75 bits per heavy atom. The van der Waals surface area contributed by atoms with Gasteiger partial charge in [-0.05, 0) is 37.3 Å². The molecule has 0 fully saturated rings. The number of rotatable bonds is 8. The number of halogens is 1. The van der Waals surface area contributed by atoms with Crippen molar-refractivity contribution in [3.05, 3.63) is 52.9 Å². The molecular formula is C20H25FN4O3. The molecule has 7 nitrogen and oxygen atoms in total. The van der Waals surface area contributed by atoms with Crippen molar-refractivity contribution in [1.82, 2.24) is 20.2 Å². The van der Waals surface area contributed by atoms with E-state index in [1.165, 1.54) is 6.07 Å². The zero-order valence-electron chi connectivity index (χ0n) is 16.0. The van der Waals surface area contributed by atoms with E-state index in [1.54, 1.807) is 25.3 Å². The summed E-state index contributed by atoms with van der Waals surface area (Å²) in [5.41, 5.74) is 1.64. The number of hydrogen-bond acceptors (Lipinski definition) is 4. The van der Waals surface area contributed by atoms with Crippen LogP contribution in [0, 0.1) is 5.82 Å². The second-order valence-corrected chi connectivity index (χ2v) is 6.69. The second-order valence-electron chi connectivity index (χ2n) is 6.69. The van der Waals surface area contributed by atoms with Crippen molar-refractivity contribution < 1.29 is 18.7 Å². The summed E-state index contributed by atoms with van der Waals surface area (Å²) in [6.45, 7) is 1.73. The molecule has 28 heavy (non-hydrogen) atoms. The SMILES string of the molecule is COCCNC(=O)c1nc(C(=O)NCCc2ccccc2F)n2c1CCCC2. The first kappa shape index (κ1) is 20.0. The van der Waals surface area contributed by atoms with Crippen molar-refractivity contribution in [2.45, 2.75) is 32.2 Å². The molecule has 1 aliphatic rings. The highest BCUT2D eigenvalue weighted by Crippen LogP contribution is 2.21. The van der Waals surface area contributed by atoms with Crippen LogP contribution in [-0.2, 0) is 24.1 Å². The molecule has 0 saturated carbocycles. The number of carbonyl (C=O) groups is 2. The van der Waals surface area contributed by atoms with E-state index in [0.29, 0.717) is 43.8 Å². The number of nitrogens with zero attached hydrogens (tertiary/aromatic N) is 2. The highest BCUT2D eigenvalue weighted by Gasteiger charge is 2.27. The summed E-state index contributed by atoms with van der Waals surface area (Å²) in [4.78, 5) is 29.4. The van der Waals surface area contributed by atoms with Gasteiger partial charge in [0.1, 0.15) is 11.5 Å². The van der Waals surface area contributed by atoms with E-state index in [-0.39, 0.29) is 30.0 Å². The maximum atomic E-state index is 13.7. The standard InChI is InChI=1S/C20H25FN4O3/c1-28-13-11-23-19(26)17-16-8-4-5-12-25(16)18(24-17)20(27)22-10-9-14-6-2-3-7-15(14)21/h2-3,6-7H,4-5,8-13H2,1H3,(H,22,27)(H,23,26). The van der Waals surface area contributed by atoms with E-state index in [4.69, 9.17) is 4.74 Å². The molecule has 0 unspecified atom stereocenters. The maximum absolute atomic E-state index is 13.7. The highest BCUT2D eigenvalue weighted by atomic mass is 19.1. The van der Waals surface area contributed by atoms with E-state index in [1.807, 2.05) is 4.57 Å². The van der Waals surface area contributed by atoms with Crippen molar-refractivity contribution >= 4 is 11.8 Å². The van der Waals surface area contributed by atoms with Gasteiger partial charge < -0.3 is 19.9 Å². The van der Waals surface area contributed by atoms with Crippen molar-refractivity contribution in [2.24, 2.45) is 0 Å². The Balaban J connectivity index is 1.69. The minimum Gasteiger partial charge on any atom is -0.383 e. The first-order chi connectivity index (χ1) is 13.6. The molecule has 2 aromatic rings. The van der Waals surface area contributed by atoms with Gasteiger partial charge in [0.25, 0.3) is 11.8 Å². The van der Waals surface area contributed by atoms with E-state index in [0.717, 1.165) is 18.5 Å². The molecule has 2 heterocycles. The van der Waals surface area contributed by atoms with Crippen LogP contribution >= 0.6 is 0 Å². The number of aromatic nitrogens is 2. The number of methoxy groups -OCH3 is 1. The fraction of sp³-hybridized carbons (Fsp3) is 0.450. The zero-order chi connectivity index (χ0) is 19.9. The van der Waals surface area contributed by atoms with Gasteiger partial charge in [0.2, 0.25) is 0 Å². The molecule has 1 aromatic heterocycles. The fourth-order valence-corrected chi connectivity index (χ4v) is 3.34. The average Bonchev–Trinajstić information content (AvgIpc) is 3.09. The van der Waals surface area contributed by atoms with Crippen LogP contribution in [0.2, 0.25) is 0 Å². The van der Waals surface area contributed by atoms with Crippen molar-refractivity contribution in [2.75, 3.05) is 26.8 Å². The number of benzene rings is 1. The number of nitrogens with one attached hydrogen (secondary N) is 2. The molecule has 2 N–H and O–H groups in total. The van der Waals surface area contributed by atoms with Gasteiger partial charge in [-0.15, -0.1) is 0 Å². The lowest BCUT2D eigenvalue weighted by molar-refractivity contribution is 0.0931. The predicted molar refractivity (Wildman–Crippen MR) is 102 cm³/mol. The third-order valence-electron chi connectivity index (χ3n) is 4.77. The fourth-order valence-electron chi connectivity index (χ4n) is 3.34. The maximum Gasteiger partial charge on any atom is 0.287 e. The number of amides is 2. The lowest BCUT2D eigenvalue weighted by atomic mass is 10.1. The summed E-state index contributed by atoms with van der Waals surface area (Å²) in [6, 6.07) is 6.49. The molecule has 8 heteroatoms. The van der Waals surface area contributed by atoms with E-state index in [2.05, 4.69) is 15.6 Å². The first-order valence-corrected chi connectivity index (χ1v) is 9.50. The van der Waals surface area contributed by atoms with E-state index < -0.39 is 0 Å². The number of carbonyl (C=O) groups excluding carboxylic acids is 2. The number of fused-ring (bicyclic) bond motifs is 1. The zero-order valence-corrected chi connectivity index (χ0v) is 16.0.